The lowest BCUT2D eigenvalue weighted by Gasteiger charge is -2.07. The molecule has 1 saturated heterocycles. The van der Waals surface area contributed by atoms with E-state index in [4.69, 9.17) is 9.47 Å². The van der Waals surface area contributed by atoms with Crippen molar-refractivity contribution in [1.82, 2.24) is 5.32 Å². The summed E-state index contributed by atoms with van der Waals surface area (Å²) in [5.41, 5.74) is 1.18. The number of amides is 1. The molecule has 0 atom stereocenters. The molecule has 8 heteroatoms. The largest absolute Gasteiger partial charge is 0.504 e. The van der Waals surface area contributed by atoms with E-state index >= 15 is 0 Å². The number of methoxy groups -OCH3 is 1. The van der Waals surface area contributed by atoms with Gasteiger partial charge in [0.05, 0.1) is 24.3 Å². The lowest BCUT2D eigenvalue weighted by atomic mass is 10.1. The van der Waals surface area contributed by atoms with Crippen molar-refractivity contribution in [2.24, 2.45) is 4.99 Å². The van der Waals surface area contributed by atoms with Gasteiger partial charge in [0, 0.05) is 10.0 Å². The number of aliphatic imine (C=N–C) groups is 1. The number of thioether (sulfide) groups is 1. The molecule has 1 aliphatic rings. The molecule has 0 aliphatic carbocycles. The summed E-state index contributed by atoms with van der Waals surface area (Å²) in [4.78, 5) is 17.1. The van der Waals surface area contributed by atoms with E-state index in [1.807, 2.05) is 31.2 Å². The molecular formula is C19H17BrN2O4S. The average Bonchev–Trinajstić information content (AvgIpc) is 2.98. The van der Waals surface area contributed by atoms with Crippen molar-refractivity contribution in [3.05, 3.63) is 51.3 Å². The summed E-state index contributed by atoms with van der Waals surface area (Å²) in [6.07, 6.45) is 1.60. The van der Waals surface area contributed by atoms with Crippen molar-refractivity contribution in [1.29, 1.82) is 0 Å². The molecule has 0 aromatic heterocycles. The van der Waals surface area contributed by atoms with Crippen LogP contribution in [0.25, 0.3) is 6.08 Å². The Balaban J connectivity index is 1.83. The minimum absolute atomic E-state index is 0.0292. The molecule has 0 bridgehead atoms. The molecule has 1 fully saturated rings. The van der Waals surface area contributed by atoms with E-state index < -0.39 is 0 Å². The van der Waals surface area contributed by atoms with Crippen molar-refractivity contribution in [3.63, 3.8) is 0 Å². The first-order chi connectivity index (χ1) is 13.0. The van der Waals surface area contributed by atoms with E-state index in [0.717, 1.165) is 10.2 Å². The van der Waals surface area contributed by atoms with Crippen LogP contribution < -0.4 is 14.8 Å². The van der Waals surface area contributed by atoms with E-state index in [1.165, 1.54) is 18.9 Å². The summed E-state index contributed by atoms with van der Waals surface area (Å²) in [6, 6.07) is 10.6. The van der Waals surface area contributed by atoms with Gasteiger partial charge in [0.1, 0.15) is 5.75 Å². The van der Waals surface area contributed by atoms with Crippen LogP contribution in [0.1, 0.15) is 12.5 Å². The second-order valence-corrected chi connectivity index (χ2v) is 7.40. The topological polar surface area (TPSA) is 80.2 Å². The second-order valence-electron chi connectivity index (χ2n) is 5.45. The zero-order valence-electron chi connectivity index (χ0n) is 14.7. The number of carbonyl (C=O) groups excluding carboxylic acids is 1. The molecule has 2 N–H and O–H groups in total. The number of benzene rings is 2. The fraction of sp³-hybridized carbons (Fsp3) is 0.158. The summed E-state index contributed by atoms with van der Waals surface area (Å²) in [5.74, 6) is 0.786. The smallest absolute Gasteiger partial charge is 0.264 e. The maximum absolute atomic E-state index is 12.2. The molecule has 0 unspecified atom stereocenters. The third kappa shape index (κ3) is 4.64. The first-order valence-electron chi connectivity index (χ1n) is 8.09. The number of hydrogen-bond acceptors (Lipinski definition) is 6. The van der Waals surface area contributed by atoms with Gasteiger partial charge in [0.25, 0.3) is 5.91 Å². The van der Waals surface area contributed by atoms with E-state index in [2.05, 4.69) is 26.2 Å². The number of nitrogens with zero attached hydrogens (tertiary/aromatic N) is 1. The molecular weight excluding hydrogens is 432 g/mol. The van der Waals surface area contributed by atoms with Crippen LogP contribution in [0.4, 0.5) is 5.69 Å². The van der Waals surface area contributed by atoms with Crippen LogP contribution in [0.15, 0.2) is 50.8 Å². The molecule has 6 nitrogen and oxygen atoms in total. The quantitative estimate of drug-likeness (QED) is 0.660. The Morgan fingerprint density at radius 2 is 2.04 bits per heavy atom. The molecule has 1 amide bonds. The van der Waals surface area contributed by atoms with Crippen LogP contribution >= 0.6 is 27.7 Å². The number of ether oxygens (including phenoxy) is 2. The van der Waals surface area contributed by atoms with Gasteiger partial charge in [-0.3, -0.25) is 4.79 Å². The Morgan fingerprint density at radius 1 is 1.30 bits per heavy atom. The molecule has 1 aliphatic heterocycles. The zero-order chi connectivity index (χ0) is 19.4. The van der Waals surface area contributed by atoms with Crippen LogP contribution in [0.2, 0.25) is 0 Å². The molecule has 2 aromatic rings. The van der Waals surface area contributed by atoms with Gasteiger partial charge in [-0.1, -0.05) is 15.9 Å². The molecule has 0 radical (unpaired) electrons. The lowest BCUT2D eigenvalue weighted by Crippen LogP contribution is -2.19. The fourth-order valence-electron chi connectivity index (χ4n) is 2.38. The summed E-state index contributed by atoms with van der Waals surface area (Å²) in [5, 5.41) is 13.5. The summed E-state index contributed by atoms with van der Waals surface area (Å²) >= 11 is 4.57. The number of halogens is 1. The van der Waals surface area contributed by atoms with E-state index in [-0.39, 0.29) is 11.7 Å². The van der Waals surface area contributed by atoms with Crippen LogP contribution in [-0.2, 0) is 4.79 Å². The standard InChI is InChI=1S/C19H17BrN2O4S/c1-3-26-14-6-4-13(5-7-14)21-19-22-18(24)16(27-19)9-11-8-12(20)10-15(25-2)17(11)23/h4-10,23H,3H2,1-2H3,(H,21,22,24)/b16-9-. The predicted molar refractivity (Wildman–Crippen MR) is 111 cm³/mol. The summed E-state index contributed by atoms with van der Waals surface area (Å²) in [7, 11) is 1.47. The highest BCUT2D eigenvalue weighted by Crippen LogP contribution is 2.37. The van der Waals surface area contributed by atoms with E-state index in [1.54, 1.807) is 18.2 Å². The van der Waals surface area contributed by atoms with Crippen LogP contribution in [-0.4, -0.2) is 29.9 Å². The zero-order valence-corrected chi connectivity index (χ0v) is 17.1. The number of carbonyl (C=O) groups is 1. The van der Waals surface area contributed by atoms with E-state index in [9.17, 15) is 9.90 Å². The highest BCUT2D eigenvalue weighted by atomic mass is 79.9. The number of hydrogen-bond donors (Lipinski definition) is 2. The highest BCUT2D eigenvalue weighted by molar-refractivity contribution is 9.10. The first-order valence-corrected chi connectivity index (χ1v) is 9.70. The Kier molecular flexibility index (Phi) is 6.08. The van der Waals surface area contributed by atoms with Crippen LogP contribution in [0, 0.1) is 0 Å². The van der Waals surface area contributed by atoms with Gasteiger partial charge < -0.3 is 19.9 Å². The minimum Gasteiger partial charge on any atom is -0.504 e. The number of phenolic OH excluding ortho intramolecular Hbond substituents is 1. The van der Waals surface area contributed by atoms with Crippen molar-refractivity contribution >= 4 is 50.5 Å². The Bertz CT molecular complexity index is 926. The first kappa shape index (κ1) is 19.3. The van der Waals surface area contributed by atoms with Gasteiger partial charge in [-0.15, -0.1) is 0 Å². The molecule has 1 heterocycles. The van der Waals surface area contributed by atoms with Crippen LogP contribution in [0.3, 0.4) is 0 Å². The normalized spacial score (nSPS) is 16.6. The third-order valence-corrected chi connectivity index (χ3v) is 4.97. The Morgan fingerprint density at radius 3 is 2.70 bits per heavy atom. The van der Waals surface area contributed by atoms with Gasteiger partial charge in [-0.05, 0) is 61.2 Å². The average molecular weight is 449 g/mol. The van der Waals surface area contributed by atoms with Crippen molar-refractivity contribution in [3.8, 4) is 17.2 Å². The number of aromatic hydroxyl groups is 1. The Hall–Kier alpha value is -2.45. The van der Waals surface area contributed by atoms with E-state index in [0.29, 0.717) is 33.7 Å². The highest BCUT2D eigenvalue weighted by Gasteiger charge is 2.24. The van der Waals surface area contributed by atoms with Gasteiger partial charge in [-0.2, -0.15) is 0 Å². The van der Waals surface area contributed by atoms with Gasteiger partial charge in [0.2, 0.25) is 0 Å². The Labute approximate surface area is 169 Å². The maximum Gasteiger partial charge on any atom is 0.264 e. The van der Waals surface area contributed by atoms with Crippen LogP contribution in [0.5, 0.6) is 17.2 Å². The number of phenols is 1. The van der Waals surface area contributed by atoms with Gasteiger partial charge in [-0.25, -0.2) is 4.99 Å². The molecule has 140 valence electrons. The van der Waals surface area contributed by atoms with Crippen molar-refractivity contribution < 1.29 is 19.4 Å². The maximum atomic E-state index is 12.2. The van der Waals surface area contributed by atoms with Gasteiger partial charge >= 0.3 is 0 Å². The van der Waals surface area contributed by atoms with Crippen molar-refractivity contribution in [2.45, 2.75) is 6.92 Å². The molecule has 3 rings (SSSR count). The second kappa shape index (κ2) is 8.49. The molecule has 0 saturated carbocycles. The monoisotopic (exact) mass is 448 g/mol. The molecule has 27 heavy (non-hydrogen) atoms. The fourth-order valence-corrected chi connectivity index (χ4v) is 3.67. The van der Waals surface area contributed by atoms with Gasteiger partial charge in [0.15, 0.2) is 16.7 Å². The number of nitrogens with one attached hydrogen (secondary N) is 1. The lowest BCUT2D eigenvalue weighted by molar-refractivity contribution is -0.115. The van der Waals surface area contributed by atoms with Crippen molar-refractivity contribution in [2.75, 3.05) is 13.7 Å². The summed E-state index contributed by atoms with van der Waals surface area (Å²) in [6.45, 7) is 2.52. The minimum atomic E-state index is -0.275. The molecule has 0 spiro atoms. The SMILES string of the molecule is CCOc1ccc(N=C2NC(=O)/C(=C/c3cc(Br)cc(OC)c3O)S2)cc1. The summed E-state index contributed by atoms with van der Waals surface area (Å²) < 4.78 is 11.3. The number of amidine groups is 1. The molecule has 2 aromatic carbocycles. The predicted octanol–water partition coefficient (Wildman–Crippen LogP) is 4.45. The number of rotatable bonds is 5. The third-order valence-electron chi connectivity index (χ3n) is 3.60.